The molecule has 3 rings (SSSR count). The summed E-state index contributed by atoms with van der Waals surface area (Å²) in [6.45, 7) is 0. The molecule has 0 saturated heterocycles. The van der Waals surface area contributed by atoms with Gasteiger partial charge in [-0.2, -0.15) is 18.2 Å². The Morgan fingerprint density at radius 2 is 1.50 bits per heavy atom. The summed E-state index contributed by atoms with van der Waals surface area (Å²) < 4.78 is 0. The average Bonchev–Trinajstić information content (AvgIpc) is 3.17. The third-order valence-electron chi connectivity index (χ3n) is 2.67. The standard InChI is InChI=1S/C12H10NO.C5H5.Fe/c14-13-12(11-8-4-5-9-11)10-6-2-1-3-7-10;1-2-4-5-3-1;/h1-9,13H;1-5H;/q2*-1;+2. The monoisotopic (exact) mass is 305 g/mol. The molecule has 0 atom stereocenters. The Morgan fingerprint density at radius 3 is 1.95 bits per heavy atom. The fourth-order valence-electron chi connectivity index (χ4n) is 1.75. The van der Waals surface area contributed by atoms with Crippen molar-refractivity contribution in [3.8, 4) is 0 Å². The van der Waals surface area contributed by atoms with E-state index in [-0.39, 0.29) is 17.1 Å². The maximum atomic E-state index is 10.8. The van der Waals surface area contributed by atoms with E-state index in [4.69, 9.17) is 0 Å². The number of allylic oxidation sites excluding steroid dienone is 5. The van der Waals surface area contributed by atoms with E-state index in [1.54, 1.807) is 0 Å². The minimum Gasteiger partial charge on any atom is -0.761 e. The van der Waals surface area contributed by atoms with E-state index in [2.05, 4.69) is 0 Å². The first-order chi connectivity index (χ1) is 9.42. The molecule has 0 spiro atoms. The minimum absolute atomic E-state index is 0. The van der Waals surface area contributed by atoms with Crippen LogP contribution >= 0.6 is 0 Å². The van der Waals surface area contributed by atoms with E-state index in [9.17, 15) is 5.21 Å². The molecule has 1 N–H and O–H groups in total. The predicted molar refractivity (Wildman–Crippen MR) is 80.2 cm³/mol. The van der Waals surface area contributed by atoms with Gasteiger partial charge in [-0.25, -0.2) is 12.1 Å². The van der Waals surface area contributed by atoms with E-state index in [1.165, 1.54) is 0 Å². The van der Waals surface area contributed by atoms with Crippen molar-refractivity contribution in [1.82, 2.24) is 5.48 Å². The Balaban J connectivity index is 0.000000283. The Hall–Kier alpha value is -1.93. The smallest absolute Gasteiger partial charge is 0.761 e. The van der Waals surface area contributed by atoms with Crippen LogP contribution < -0.4 is 5.48 Å². The third-order valence-corrected chi connectivity index (χ3v) is 2.67. The van der Waals surface area contributed by atoms with Gasteiger partial charge in [-0.1, -0.05) is 54.6 Å². The normalized spacial score (nSPS) is 11.3. The van der Waals surface area contributed by atoms with Crippen molar-refractivity contribution in [2.45, 2.75) is 0 Å². The molecule has 0 radical (unpaired) electrons. The van der Waals surface area contributed by atoms with Crippen molar-refractivity contribution in [3.63, 3.8) is 0 Å². The molecule has 2 aromatic carbocycles. The van der Waals surface area contributed by atoms with Gasteiger partial charge in [-0.15, -0.1) is 0 Å². The zero-order valence-electron chi connectivity index (χ0n) is 10.8. The van der Waals surface area contributed by atoms with E-state index in [1.807, 2.05) is 90.4 Å². The molecule has 0 bridgehead atoms. The van der Waals surface area contributed by atoms with Crippen LogP contribution in [0.4, 0.5) is 0 Å². The summed E-state index contributed by atoms with van der Waals surface area (Å²) in [4.78, 5) is 0. The number of benzene rings is 1. The zero-order chi connectivity index (χ0) is 13.3. The van der Waals surface area contributed by atoms with Gasteiger partial charge >= 0.3 is 17.1 Å². The topological polar surface area (TPSA) is 35.1 Å². The van der Waals surface area contributed by atoms with Gasteiger partial charge in [-0.05, 0) is 11.1 Å². The Labute approximate surface area is 129 Å². The van der Waals surface area contributed by atoms with Crippen molar-refractivity contribution in [1.29, 1.82) is 0 Å². The molecule has 3 heteroatoms. The summed E-state index contributed by atoms with van der Waals surface area (Å²) >= 11 is 0. The summed E-state index contributed by atoms with van der Waals surface area (Å²) in [5.41, 5.74) is 4.44. The first kappa shape index (κ1) is 16.1. The molecule has 1 aliphatic carbocycles. The van der Waals surface area contributed by atoms with Gasteiger partial charge in [0.25, 0.3) is 0 Å². The molecule has 0 saturated carbocycles. The number of rotatable bonds is 2. The molecule has 0 fully saturated rings. The van der Waals surface area contributed by atoms with E-state index >= 15 is 0 Å². The first-order valence-corrected chi connectivity index (χ1v) is 6.11. The van der Waals surface area contributed by atoms with Crippen molar-refractivity contribution in [2.24, 2.45) is 0 Å². The Bertz CT molecular complexity index is 537. The summed E-state index contributed by atoms with van der Waals surface area (Å²) in [6.07, 6.45) is 7.64. The van der Waals surface area contributed by atoms with Gasteiger partial charge < -0.3 is 10.7 Å². The molecule has 2 nitrogen and oxygen atoms in total. The number of hydrogen-bond donors (Lipinski definition) is 1. The molecule has 0 heterocycles. The number of hydrogen-bond acceptors (Lipinski definition) is 2. The molecular weight excluding hydrogens is 290 g/mol. The van der Waals surface area contributed by atoms with Crippen LogP contribution in [0.15, 0.2) is 90.5 Å². The van der Waals surface area contributed by atoms with Crippen molar-refractivity contribution in [2.75, 3.05) is 0 Å². The van der Waals surface area contributed by atoms with Crippen molar-refractivity contribution >= 4 is 5.70 Å². The van der Waals surface area contributed by atoms with Crippen LogP contribution in [0.3, 0.4) is 0 Å². The van der Waals surface area contributed by atoms with Crippen LogP contribution in [-0.4, -0.2) is 0 Å². The third kappa shape index (κ3) is 4.63. The van der Waals surface area contributed by atoms with Gasteiger partial charge in [0, 0.05) is 5.70 Å². The SMILES string of the molecule is [Fe+2].[O-]NC(=C1C=CC=C1)c1ccccc1.c1cc[cH-]c1. The average molecular weight is 305 g/mol. The number of nitrogens with one attached hydrogen (secondary N) is 1. The molecular formula is C17H15FeNO. The van der Waals surface area contributed by atoms with Crippen molar-refractivity contribution in [3.05, 3.63) is 101 Å². The number of hydroxylamine groups is 1. The molecule has 1 aliphatic rings. The van der Waals surface area contributed by atoms with Crippen molar-refractivity contribution < 1.29 is 17.1 Å². The summed E-state index contributed by atoms with van der Waals surface area (Å²) in [5, 5.41) is 10.8. The van der Waals surface area contributed by atoms with E-state index in [0.717, 1.165) is 11.1 Å². The molecule has 0 unspecified atom stereocenters. The maximum Gasteiger partial charge on any atom is 2.00 e. The van der Waals surface area contributed by atoms with Crippen LogP contribution in [0, 0.1) is 5.21 Å². The second-order valence-electron chi connectivity index (χ2n) is 3.98. The van der Waals surface area contributed by atoms with Crippen LogP contribution in [0.25, 0.3) is 5.70 Å². The molecule has 102 valence electrons. The Morgan fingerprint density at radius 1 is 0.900 bits per heavy atom. The van der Waals surface area contributed by atoms with Crippen LogP contribution in [0.2, 0.25) is 0 Å². The van der Waals surface area contributed by atoms with Crippen LogP contribution in [0.1, 0.15) is 5.56 Å². The molecule has 2 aromatic rings. The molecule has 0 amide bonds. The summed E-state index contributed by atoms with van der Waals surface area (Å²) in [7, 11) is 0. The summed E-state index contributed by atoms with van der Waals surface area (Å²) in [6, 6.07) is 19.6. The van der Waals surface area contributed by atoms with E-state index in [0.29, 0.717) is 5.70 Å². The Kier molecular flexibility index (Phi) is 7.30. The zero-order valence-corrected chi connectivity index (χ0v) is 11.9. The van der Waals surface area contributed by atoms with Crippen LogP contribution in [0.5, 0.6) is 0 Å². The molecule has 20 heavy (non-hydrogen) atoms. The second-order valence-corrected chi connectivity index (χ2v) is 3.98. The van der Waals surface area contributed by atoms with Gasteiger partial charge in [0.15, 0.2) is 0 Å². The quantitative estimate of drug-likeness (QED) is 0.517. The minimum atomic E-state index is 0. The van der Waals surface area contributed by atoms with Gasteiger partial charge in [0.1, 0.15) is 0 Å². The fourth-order valence-corrected chi connectivity index (χ4v) is 1.75. The predicted octanol–water partition coefficient (Wildman–Crippen LogP) is 4.01. The second kappa shape index (κ2) is 9.05. The summed E-state index contributed by atoms with van der Waals surface area (Å²) in [5.74, 6) is 0. The van der Waals surface area contributed by atoms with Gasteiger partial charge in [0.2, 0.25) is 0 Å². The molecule has 0 aromatic heterocycles. The van der Waals surface area contributed by atoms with Gasteiger partial charge in [0.05, 0.1) is 0 Å². The maximum absolute atomic E-state index is 10.8. The molecule has 0 aliphatic heterocycles. The fraction of sp³-hybridized carbons (Fsp3) is 0. The largest absolute Gasteiger partial charge is 2.00 e. The van der Waals surface area contributed by atoms with E-state index < -0.39 is 0 Å². The van der Waals surface area contributed by atoms with Crippen LogP contribution in [-0.2, 0) is 17.1 Å². The first-order valence-electron chi connectivity index (χ1n) is 6.11. The van der Waals surface area contributed by atoms with Gasteiger partial charge in [-0.3, -0.25) is 0 Å².